The smallest absolute Gasteiger partial charge is 0.267 e. The highest BCUT2D eigenvalue weighted by Gasteiger charge is 2.29. The van der Waals surface area contributed by atoms with Crippen LogP contribution in [-0.4, -0.2) is 33.7 Å². The molecule has 1 aromatic carbocycles. The van der Waals surface area contributed by atoms with Gasteiger partial charge in [0.15, 0.2) is 0 Å². The molecule has 5 heteroatoms. The van der Waals surface area contributed by atoms with E-state index in [4.69, 9.17) is 0 Å². The third-order valence-corrected chi connectivity index (χ3v) is 5.31. The van der Waals surface area contributed by atoms with E-state index < -0.39 is 0 Å². The van der Waals surface area contributed by atoms with Gasteiger partial charge in [0, 0.05) is 30.6 Å². The molecule has 1 aromatic heterocycles. The van der Waals surface area contributed by atoms with Crippen molar-refractivity contribution in [2.45, 2.75) is 44.6 Å². The van der Waals surface area contributed by atoms with Crippen LogP contribution in [-0.2, 0) is 0 Å². The molecule has 2 aromatic rings. The summed E-state index contributed by atoms with van der Waals surface area (Å²) in [6.45, 7) is 3.30. The second-order valence-electron chi connectivity index (χ2n) is 7.15. The minimum Gasteiger partial charge on any atom is -0.338 e. The molecule has 0 spiro atoms. The summed E-state index contributed by atoms with van der Waals surface area (Å²) >= 11 is 0. The van der Waals surface area contributed by atoms with E-state index in [1.165, 1.54) is 12.8 Å². The molecule has 1 saturated carbocycles. The van der Waals surface area contributed by atoms with Gasteiger partial charge in [0.05, 0.1) is 11.7 Å². The maximum atomic E-state index is 12.7. The minimum absolute atomic E-state index is 0.0342. The molecule has 25 heavy (non-hydrogen) atoms. The van der Waals surface area contributed by atoms with Gasteiger partial charge in [-0.05, 0) is 50.3 Å². The number of carbonyl (C=O) groups is 1. The maximum absolute atomic E-state index is 12.7. The maximum Gasteiger partial charge on any atom is 0.267 e. The Hall–Kier alpha value is -2.43. The number of likely N-dealkylation sites (tertiary alicyclic amines) is 1. The molecule has 0 atom stereocenters. The first-order chi connectivity index (χ1) is 12.1. The van der Waals surface area contributed by atoms with Crippen molar-refractivity contribution in [2.24, 2.45) is 0 Å². The Labute approximate surface area is 147 Å². The van der Waals surface area contributed by atoms with Crippen molar-refractivity contribution in [1.29, 1.82) is 0 Å². The van der Waals surface area contributed by atoms with Gasteiger partial charge in [-0.3, -0.25) is 9.59 Å². The Bertz CT molecular complexity index is 846. The molecule has 0 bridgehead atoms. The van der Waals surface area contributed by atoms with Gasteiger partial charge in [0.1, 0.15) is 0 Å². The van der Waals surface area contributed by atoms with Gasteiger partial charge < -0.3 is 4.90 Å². The molecule has 1 amide bonds. The molecule has 1 aliphatic heterocycles. The number of benzene rings is 1. The van der Waals surface area contributed by atoms with Crippen molar-refractivity contribution in [1.82, 2.24) is 14.7 Å². The Balaban J connectivity index is 1.47. The fourth-order valence-corrected chi connectivity index (χ4v) is 3.60. The lowest BCUT2D eigenvalue weighted by Crippen LogP contribution is -2.41. The number of carbonyl (C=O) groups excluding carboxylic acids is 1. The summed E-state index contributed by atoms with van der Waals surface area (Å²) < 4.78 is 1.66. The van der Waals surface area contributed by atoms with Crippen LogP contribution in [0, 0.1) is 6.92 Å². The molecule has 1 aliphatic carbocycles. The zero-order valence-electron chi connectivity index (χ0n) is 14.5. The highest BCUT2D eigenvalue weighted by atomic mass is 16.2. The van der Waals surface area contributed by atoms with E-state index in [1.54, 1.807) is 10.7 Å². The molecular formula is C20H23N3O2. The molecule has 130 valence electrons. The van der Waals surface area contributed by atoms with Crippen molar-refractivity contribution in [2.75, 3.05) is 13.1 Å². The van der Waals surface area contributed by atoms with Crippen LogP contribution in [0.4, 0.5) is 0 Å². The molecule has 1 saturated heterocycles. The zero-order chi connectivity index (χ0) is 17.4. The predicted octanol–water partition coefficient (Wildman–Crippen LogP) is 2.91. The topological polar surface area (TPSA) is 55.2 Å². The highest BCUT2D eigenvalue weighted by Crippen LogP contribution is 2.38. The summed E-state index contributed by atoms with van der Waals surface area (Å²) in [7, 11) is 0. The normalized spacial score (nSPS) is 18.4. The SMILES string of the molecule is Cc1ccccc1C(=O)N1CCC(n2nc(C3CC3)ccc2=O)CC1. The van der Waals surface area contributed by atoms with E-state index in [-0.39, 0.29) is 17.5 Å². The summed E-state index contributed by atoms with van der Waals surface area (Å²) in [5.41, 5.74) is 2.78. The highest BCUT2D eigenvalue weighted by molar-refractivity contribution is 5.95. The van der Waals surface area contributed by atoms with Gasteiger partial charge in [0.2, 0.25) is 0 Å². The second-order valence-corrected chi connectivity index (χ2v) is 7.15. The van der Waals surface area contributed by atoms with Crippen LogP contribution >= 0.6 is 0 Å². The van der Waals surface area contributed by atoms with Crippen molar-refractivity contribution in [3.63, 3.8) is 0 Å². The van der Waals surface area contributed by atoms with Crippen LogP contribution in [0.3, 0.4) is 0 Å². The van der Waals surface area contributed by atoms with Gasteiger partial charge in [0.25, 0.3) is 11.5 Å². The molecular weight excluding hydrogens is 314 g/mol. The third-order valence-electron chi connectivity index (χ3n) is 5.31. The lowest BCUT2D eigenvalue weighted by Gasteiger charge is -2.32. The van der Waals surface area contributed by atoms with Crippen LogP contribution in [0.2, 0.25) is 0 Å². The first-order valence-electron chi connectivity index (χ1n) is 9.08. The molecule has 2 heterocycles. The second kappa shape index (κ2) is 6.47. The predicted molar refractivity (Wildman–Crippen MR) is 95.8 cm³/mol. The number of aryl methyl sites for hydroxylation is 1. The standard InChI is InChI=1S/C20H23N3O2/c1-14-4-2-3-5-17(14)20(25)22-12-10-16(11-13-22)23-19(24)9-8-18(21-23)15-6-7-15/h2-5,8-9,15-16H,6-7,10-13H2,1H3. The van der Waals surface area contributed by atoms with Gasteiger partial charge >= 0.3 is 0 Å². The van der Waals surface area contributed by atoms with E-state index in [1.807, 2.05) is 42.2 Å². The van der Waals surface area contributed by atoms with Crippen molar-refractivity contribution in [3.05, 3.63) is 63.6 Å². The number of piperidine rings is 1. The molecule has 5 nitrogen and oxygen atoms in total. The van der Waals surface area contributed by atoms with Gasteiger partial charge in [-0.2, -0.15) is 5.10 Å². The summed E-state index contributed by atoms with van der Waals surface area (Å²) in [4.78, 5) is 26.8. The molecule has 2 fully saturated rings. The van der Waals surface area contributed by atoms with Crippen LogP contribution in [0.25, 0.3) is 0 Å². The number of amides is 1. The van der Waals surface area contributed by atoms with Gasteiger partial charge in [-0.1, -0.05) is 18.2 Å². The lowest BCUT2D eigenvalue weighted by molar-refractivity contribution is 0.0687. The Morgan fingerprint density at radius 2 is 1.76 bits per heavy atom. The molecule has 2 aliphatic rings. The number of hydrogen-bond donors (Lipinski definition) is 0. The number of rotatable bonds is 3. The van der Waals surface area contributed by atoms with Crippen molar-refractivity contribution >= 4 is 5.91 Å². The molecule has 4 rings (SSSR count). The van der Waals surface area contributed by atoms with E-state index >= 15 is 0 Å². The molecule has 0 N–H and O–H groups in total. The summed E-state index contributed by atoms with van der Waals surface area (Å²) in [5.74, 6) is 0.623. The first kappa shape index (κ1) is 16.1. The lowest BCUT2D eigenvalue weighted by atomic mass is 10.0. The Morgan fingerprint density at radius 1 is 1.04 bits per heavy atom. The number of aromatic nitrogens is 2. The average molecular weight is 337 g/mol. The Morgan fingerprint density at radius 3 is 2.44 bits per heavy atom. The third kappa shape index (κ3) is 3.23. The van der Waals surface area contributed by atoms with E-state index in [0.29, 0.717) is 19.0 Å². The fourth-order valence-electron chi connectivity index (χ4n) is 3.60. The minimum atomic E-state index is -0.0342. The first-order valence-corrected chi connectivity index (χ1v) is 9.08. The summed E-state index contributed by atoms with van der Waals surface area (Å²) in [5, 5.41) is 4.60. The number of hydrogen-bond acceptors (Lipinski definition) is 3. The fraction of sp³-hybridized carbons (Fsp3) is 0.450. The largest absolute Gasteiger partial charge is 0.338 e. The summed E-state index contributed by atoms with van der Waals surface area (Å²) in [6, 6.07) is 11.3. The van der Waals surface area contributed by atoms with Crippen LogP contribution < -0.4 is 5.56 Å². The van der Waals surface area contributed by atoms with E-state index in [0.717, 1.165) is 29.7 Å². The van der Waals surface area contributed by atoms with E-state index in [2.05, 4.69) is 5.10 Å². The van der Waals surface area contributed by atoms with Crippen molar-refractivity contribution < 1.29 is 4.79 Å². The van der Waals surface area contributed by atoms with Crippen LogP contribution in [0.5, 0.6) is 0 Å². The van der Waals surface area contributed by atoms with Crippen LogP contribution in [0.15, 0.2) is 41.2 Å². The van der Waals surface area contributed by atoms with Gasteiger partial charge in [-0.25, -0.2) is 4.68 Å². The zero-order valence-corrected chi connectivity index (χ0v) is 14.5. The van der Waals surface area contributed by atoms with E-state index in [9.17, 15) is 9.59 Å². The average Bonchev–Trinajstić information content (AvgIpc) is 3.47. The molecule has 0 unspecified atom stereocenters. The summed E-state index contributed by atoms with van der Waals surface area (Å²) in [6.07, 6.45) is 3.90. The Kier molecular flexibility index (Phi) is 4.15. The monoisotopic (exact) mass is 337 g/mol. The number of nitrogens with zero attached hydrogens (tertiary/aromatic N) is 3. The van der Waals surface area contributed by atoms with Crippen molar-refractivity contribution in [3.8, 4) is 0 Å². The van der Waals surface area contributed by atoms with Crippen LogP contribution in [0.1, 0.15) is 59.3 Å². The molecule has 0 radical (unpaired) electrons. The van der Waals surface area contributed by atoms with Gasteiger partial charge in [-0.15, -0.1) is 0 Å². The quantitative estimate of drug-likeness (QED) is 0.865.